The standard InChI is InChI=1S/C13H16ClN3/c14-10-4-1-5-11-12(10)17(13(15)16-11)8-2-3-9-6-7-9/h1,4-5,9H,2-3,6-8H2,(H2,15,16). The maximum Gasteiger partial charge on any atom is 0.201 e. The molecule has 3 nitrogen and oxygen atoms in total. The second kappa shape index (κ2) is 4.22. The molecule has 1 aromatic carbocycles. The summed E-state index contributed by atoms with van der Waals surface area (Å²) in [6.07, 6.45) is 5.26. The monoisotopic (exact) mass is 249 g/mol. The average Bonchev–Trinajstić information content (AvgIpc) is 3.05. The van der Waals surface area contributed by atoms with Gasteiger partial charge < -0.3 is 10.3 Å². The maximum atomic E-state index is 6.21. The van der Waals surface area contributed by atoms with Crippen LogP contribution in [0.3, 0.4) is 0 Å². The fourth-order valence-electron chi connectivity index (χ4n) is 2.33. The Kier molecular flexibility index (Phi) is 2.71. The first-order chi connectivity index (χ1) is 8.25. The first-order valence-electron chi connectivity index (χ1n) is 6.16. The van der Waals surface area contributed by atoms with Gasteiger partial charge in [-0.1, -0.05) is 30.5 Å². The Morgan fingerprint density at radius 2 is 2.24 bits per heavy atom. The molecule has 3 rings (SSSR count). The van der Waals surface area contributed by atoms with Crippen LogP contribution in [0.25, 0.3) is 11.0 Å². The number of hydrogen-bond donors (Lipinski definition) is 1. The Bertz CT molecular complexity index is 543. The Morgan fingerprint density at radius 1 is 1.41 bits per heavy atom. The number of nitrogens with zero attached hydrogens (tertiary/aromatic N) is 2. The summed E-state index contributed by atoms with van der Waals surface area (Å²) in [6, 6.07) is 5.75. The molecule has 2 aromatic rings. The number of hydrogen-bond acceptors (Lipinski definition) is 2. The van der Waals surface area contributed by atoms with Crippen molar-refractivity contribution < 1.29 is 0 Å². The third-order valence-corrected chi connectivity index (χ3v) is 3.74. The highest BCUT2D eigenvalue weighted by atomic mass is 35.5. The summed E-state index contributed by atoms with van der Waals surface area (Å²) in [7, 11) is 0. The number of anilines is 1. The van der Waals surface area contributed by atoms with Gasteiger partial charge in [0.1, 0.15) is 0 Å². The summed E-state index contributed by atoms with van der Waals surface area (Å²) >= 11 is 6.21. The lowest BCUT2D eigenvalue weighted by Gasteiger charge is -2.06. The van der Waals surface area contributed by atoms with Crippen LogP contribution < -0.4 is 5.73 Å². The number of halogens is 1. The van der Waals surface area contributed by atoms with Crippen molar-refractivity contribution in [1.29, 1.82) is 0 Å². The molecule has 0 aliphatic heterocycles. The van der Waals surface area contributed by atoms with Gasteiger partial charge in [-0.25, -0.2) is 4.98 Å². The van der Waals surface area contributed by atoms with Crippen molar-refractivity contribution >= 4 is 28.6 Å². The van der Waals surface area contributed by atoms with E-state index in [1.54, 1.807) is 0 Å². The fourth-order valence-corrected chi connectivity index (χ4v) is 2.60. The lowest BCUT2D eigenvalue weighted by Crippen LogP contribution is -2.03. The van der Waals surface area contributed by atoms with Crippen LogP contribution in [-0.2, 0) is 6.54 Å². The van der Waals surface area contributed by atoms with Gasteiger partial charge in [0.2, 0.25) is 5.95 Å². The number of para-hydroxylation sites is 1. The van der Waals surface area contributed by atoms with Crippen molar-refractivity contribution in [3.8, 4) is 0 Å². The quantitative estimate of drug-likeness (QED) is 0.902. The summed E-state index contributed by atoms with van der Waals surface area (Å²) in [6.45, 7) is 0.919. The largest absolute Gasteiger partial charge is 0.369 e. The van der Waals surface area contributed by atoms with Crippen LogP contribution in [0.5, 0.6) is 0 Å². The van der Waals surface area contributed by atoms with Crippen molar-refractivity contribution in [3.05, 3.63) is 23.2 Å². The minimum absolute atomic E-state index is 0.573. The number of fused-ring (bicyclic) bond motifs is 1. The molecular weight excluding hydrogens is 234 g/mol. The number of nitrogen functional groups attached to an aromatic ring is 1. The summed E-state index contributed by atoms with van der Waals surface area (Å²) in [5.74, 6) is 1.53. The molecule has 2 N–H and O–H groups in total. The lowest BCUT2D eigenvalue weighted by atomic mass is 10.2. The zero-order chi connectivity index (χ0) is 11.8. The predicted molar refractivity (Wildman–Crippen MR) is 71.1 cm³/mol. The lowest BCUT2D eigenvalue weighted by molar-refractivity contribution is 0.590. The number of aromatic nitrogens is 2. The highest BCUT2D eigenvalue weighted by Crippen LogP contribution is 2.34. The number of rotatable bonds is 4. The van der Waals surface area contributed by atoms with Gasteiger partial charge in [-0.3, -0.25) is 0 Å². The van der Waals surface area contributed by atoms with Gasteiger partial charge in [0.05, 0.1) is 16.1 Å². The molecule has 0 spiro atoms. The minimum Gasteiger partial charge on any atom is -0.369 e. The van der Waals surface area contributed by atoms with Gasteiger partial charge in [-0.05, 0) is 30.9 Å². The smallest absolute Gasteiger partial charge is 0.201 e. The second-order valence-corrected chi connectivity index (χ2v) is 5.22. The fraction of sp³-hybridized carbons (Fsp3) is 0.462. The van der Waals surface area contributed by atoms with Gasteiger partial charge in [0, 0.05) is 6.54 Å². The Labute approximate surface area is 106 Å². The van der Waals surface area contributed by atoms with E-state index in [1.807, 2.05) is 22.8 Å². The Balaban J connectivity index is 1.87. The average molecular weight is 250 g/mol. The van der Waals surface area contributed by atoms with Crippen molar-refractivity contribution in [2.45, 2.75) is 32.2 Å². The molecule has 0 atom stereocenters. The van der Waals surface area contributed by atoms with Crippen molar-refractivity contribution in [1.82, 2.24) is 9.55 Å². The van der Waals surface area contributed by atoms with Crippen molar-refractivity contribution in [2.24, 2.45) is 5.92 Å². The van der Waals surface area contributed by atoms with Crippen LogP contribution >= 0.6 is 11.6 Å². The number of benzene rings is 1. The van der Waals surface area contributed by atoms with Gasteiger partial charge in [0.25, 0.3) is 0 Å². The Morgan fingerprint density at radius 3 is 3.00 bits per heavy atom. The highest BCUT2D eigenvalue weighted by molar-refractivity contribution is 6.35. The zero-order valence-electron chi connectivity index (χ0n) is 9.69. The molecule has 90 valence electrons. The van der Waals surface area contributed by atoms with Crippen LogP contribution in [0.4, 0.5) is 5.95 Å². The molecular formula is C13H16ClN3. The molecule has 0 unspecified atom stereocenters. The minimum atomic E-state index is 0.573. The summed E-state index contributed by atoms with van der Waals surface area (Å²) in [5.41, 5.74) is 7.81. The van der Waals surface area contributed by atoms with E-state index < -0.39 is 0 Å². The SMILES string of the molecule is Nc1nc2cccc(Cl)c2n1CCCC1CC1. The van der Waals surface area contributed by atoms with Crippen LogP contribution in [0, 0.1) is 5.92 Å². The van der Waals surface area contributed by atoms with Gasteiger partial charge in [0.15, 0.2) is 0 Å². The van der Waals surface area contributed by atoms with Gasteiger partial charge in [-0.15, -0.1) is 0 Å². The first kappa shape index (κ1) is 10.9. The molecule has 1 saturated carbocycles. The van der Waals surface area contributed by atoms with Crippen LogP contribution in [0.2, 0.25) is 5.02 Å². The molecule has 0 saturated heterocycles. The van der Waals surface area contributed by atoms with Crippen LogP contribution in [0.1, 0.15) is 25.7 Å². The van der Waals surface area contributed by atoms with E-state index in [0.29, 0.717) is 5.95 Å². The normalized spacial score (nSPS) is 15.6. The van der Waals surface area contributed by atoms with E-state index in [2.05, 4.69) is 4.98 Å². The van der Waals surface area contributed by atoms with Crippen LogP contribution in [0.15, 0.2) is 18.2 Å². The van der Waals surface area contributed by atoms with Crippen molar-refractivity contribution in [3.63, 3.8) is 0 Å². The third-order valence-electron chi connectivity index (χ3n) is 3.44. The van der Waals surface area contributed by atoms with Crippen molar-refractivity contribution in [2.75, 3.05) is 5.73 Å². The first-order valence-corrected chi connectivity index (χ1v) is 6.54. The second-order valence-electron chi connectivity index (χ2n) is 4.81. The van der Waals surface area contributed by atoms with E-state index >= 15 is 0 Å². The van der Waals surface area contributed by atoms with E-state index in [1.165, 1.54) is 19.3 Å². The van der Waals surface area contributed by atoms with E-state index in [4.69, 9.17) is 17.3 Å². The molecule has 0 radical (unpaired) electrons. The van der Waals surface area contributed by atoms with Gasteiger partial charge >= 0.3 is 0 Å². The summed E-state index contributed by atoms with van der Waals surface area (Å²) in [5, 5.41) is 0.734. The maximum absolute atomic E-state index is 6.21. The molecule has 4 heteroatoms. The molecule has 1 heterocycles. The van der Waals surface area contributed by atoms with Gasteiger partial charge in [-0.2, -0.15) is 0 Å². The summed E-state index contributed by atoms with van der Waals surface area (Å²) in [4.78, 5) is 4.34. The van der Waals surface area contributed by atoms with E-state index in [-0.39, 0.29) is 0 Å². The highest BCUT2D eigenvalue weighted by Gasteiger charge is 2.20. The molecule has 0 amide bonds. The predicted octanol–water partition coefficient (Wildman–Crippen LogP) is 3.46. The molecule has 1 aromatic heterocycles. The zero-order valence-corrected chi connectivity index (χ0v) is 10.5. The number of aryl methyl sites for hydroxylation is 1. The Hall–Kier alpha value is -1.22. The number of nitrogens with two attached hydrogens (primary N) is 1. The van der Waals surface area contributed by atoms with E-state index in [9.17, 15) is 0 Å². The van der Waals surface area contributed by atoms with E-state index in [0.717, 1.165) is 34.9 Å². The molecule has 1 aliphatic rings. The molecule has 1 fully saturated rings. The molecule has 1 aliphatic carbocycles. The third kappa shape index (κ3) is 2.12. The molecule has 0 bridgehead atoms. The topological polar surface area (TPSA) is 43.8 Å². The molecule has 17 heavy (non-hydrogen) atoms. The number of imidazole rings is 1. The summed E-state index contributed by atoms with van der Waals surface area (Å²) < 4.78 is 2.04. The van der Waals surface area contributed by atoms with Crippen LogP contribution in [-0.4, -0.2) is 9.55 Å².